The Balaban J connectivity index is 1.29. The molecule has 0 aliphatic rings. The number of benzene rings is 6. The van der Waals surface area contributed by atoms with E-state index in [2.05, 4.69) is 96.5 Å². The van der Waals surface area contributed by atoms with Crippen molar-refractivity contribution in [3.05, 3.63) is 221 Å². The maximum Gasteiger partial charge on any atom is 0.204 e. The molecule has 0 fully saturated rings. The number of nitrogens with one attached hydrogen (secondary N) is 1. The number of aliphatic hydroxyl groups is 1. The second kappa shape index (κ2) is 15.8. The Hall–Kier alpha value is -6.61. The number of ether oxygens (including phenoxy) is 1. The van der Waals surface area contributed by atoms with Gasteiger partial charge in [-0.2, -0.15) is 0 Å². The molecule has 0 aliphatic heterocycles. The van der Waals surface area contributed by atoms with Crippen LogP contribution >= 0.6 is 0 Å². The van der Waals surface area contributed by atoms with Crippen molar-refractivity contribution in [2.45, 2.75) is 30.6 Å². The van der Waals surface area contributed by atoms with Crippen LogP contribution in [0.15, 0.2) is 182 Å². The lowest BCUT2D eigenvalue weighted by atomic mass is 9.68. The van der Waals surface area contributed by atoms with Crippen molar-refractivity contribution in [2.75, 3.05) is 12.6 Å². The van der Waals surface area contributed by atoms with E-state index in [4.69, 9.17) is 24.5 Å². The Morgan fingerprint density at radius 3 is 1.60 bits per heavy atom. The smallest absolute Gasteiger partial charge is 0.204 e. The van der Waals surface area contributed by atoms with Gasteiger partial charge in [0.05, 0.1) is 7.11 Å². The number of fused-ring (bicyclic) bond motifs is 1. The summed E-state index contributed by atoms with van der Waals surface area (Å²) < 4.78 is 8.51. The molecule has 0 bridgehead atoms. The molecule has 8 rings (SSSR count). The van der Waals surface area contributed by atoms with Gasteiger partial charge < -0.3 is 9.84 Å². The molecule has 55 heavy (non-hydrogen) atoms. The third-order valence-electron chi connectivity index (χ3n) is 9.98. The number of rotatable bonds is 13. The Bertz CT molecular complexity index is 2320. The van der Waals surface area contributed by atoms with Crippen LogP contribution < -0.4 is 10.2 Å². The van der Waals surface area contributed by atoms with Crippen molar-refractivity contribution in [1.29, 1.82) is 0 Å². The molecule has 2 atom stereocenters. The summed E-state index contributed by atoms with van der Waals surface area (Å²) in [7, 11) is 1.54. The van der Waals surface area contributed by atoms with Gasteiger partial charge in [-0.05, 0) is 52.4 Å². The minimum atomic E-state index is -0.959. The molecule has 6 aromatic carbocycles. The molecular formula is C47H41N5O3. The molecule has 272 valence electrons. The van der Waals surface area contributed by atoms with E-state index in [1.54, 1.807) is 17.8 Å². The first-order valence-corrected chi connectivity index (χ1v) is 18.3. The highest BCUT2D eigenvalue weighted by molar-refractivity contribution is 5.83. The maximum atomic E-state index is 11.4. The second-order valence-corrected chi connectivity index (χ2v) is 13.5. The molecule has 0 radical (unpaired) electrons. The first kappa shape index (κ1) is 35.4. The normalized spacial score (nSPS) is 12.7. The van der Waals surface area contributed by atoms with Gasteiger partial charge in [0.1, 0.15) is 23.6 Å². The fourth-order valence-corrected chi connectivity index (χ4v) is 7.55. The van der Waals surface area contributed by atoms with Crippen LogP contribution in [0.5, 0.6) is 5.75 Å². The number of anilines is 1. The molecule has 8 aromatic rings. The molecule has 2 N–H and O–H groups in total. The van der Waals surface area contributed by atoms with Crippen molar-refractivity contribution < 1.29 is 14.7 Å². The number of nitrogens with zero attached hydrogens (tertiary/aromatic N) is 4. The number of hydrogen-bond acceptors (Lipinski definition) is 7. The minimum Gasteiger partial charge on any atom is -0.467 e. The van der Waals surface area contributed by atoms with Crippen LogP contribution in [0.3, 0.4) is 0 Å². The molecule has 2 heterocycles. The Labute approximate surface area is 320 Å². The maximum absolute atomic E-state index is 11.4. The van der Waals surface area contributed by atoms with E-state index in [0.717, 1.165) is 22.3 Å². The lowest BCUT2D eigenvalue weighted by Gasteiger charge is -2.35. The average Bonchev–Trinajstić information content (AvgIpc) is 3.67. The van der Waals surface area contributed by atoms with Crippen LogP contribution in [0.1, 0.15) is 58.3 Å². The van der Waals surface area contributed by atoms with E-state index >= 15 is 0 Å². The standard InChI is InChI=1S/C47H41N5O3/c1-33(53)45(55-40-30-18-23-36(31-40)41(34-19-8-3-9-20-34)35-21-10-4-11-22-35)52-32-48-42-43(51-54-2)49-46(50-44(42)52)47(37-24-12-5-13-25-37,38-26-14-6-15-27-38)39-28-16-7-17-29-39/h3-33,41,45,53H,1-2H3,(H,49,50,51). The molecule has 2 aromatic heterocycles. The highest BCUT2D eigenvalue weighted by Gasteiger charge is 2.42. The van der Waals surface area contributed by atoms with Crippen molar-refractivity contribution in [1.82, 2.24) is 19.5 Å². The SMILES string of the molecule is CONc1nc(C(c2ccccc2)(c2ccccc2)c2ccccc2)nc2c1ncn2C(Oc1cccc(C(c2ccccc2)c2ccccc2)c1)C(C)O. The topological polar surface area (TPSA) is 94.3 Å². The summed E-state index contributed by atoms with van der Waals surface area (Å²) in [5.41, 5.74) is 9.28. The van der Waals surface area contributed by atoms with Crippen LogP contribution in [0.25, 0.3) is 11.2 Å². The Kier molecular flexibility index (Phi) is 10.2. The molecule has 0 spiro atoms. The summed E-state index contributed by atoms with van der Waals surface area (Å²) in [5, 5.41) is 11.4. The summed E-state index contributed by atoms with van der Waals surface area (Å²) in [5.74, 6) is 1.45. The highest BCUT2D eigenvalue weighted by atomic mass is 16.6. The van der Waals surface area contributed by atoms with Gasteiger partial charge in [0, 0.05) is 5.92 Å². The molecule has 0 saturated heterocycles. The minimum absolute atomic E-state index is 0.0231. The molecule has 8 nitrogen and oxygen atoms in total. The molecule has 2 unspecified atom stereocenters. The summed E-state index contributed by atoms with van der Waals surface area (Å²) in [4.78, 5) is 20.7. The number of aliphatic hydroxyl groups excluding tert-OH is 1. The van der Waals surface area contributed by atoms with Crippen molar-refractivity contribution >= 4 is 17.0 Å². The highest BCUT2D eigenvalue weighted by Crippen LogP contribution is 2.45. The summed E-state index contributed by atoms with van der Waals surface area (Å²) >= 11 is 0. The Morgan fingerprint density at radius 1 is 0.618 bits per heavy atom. The fraction of sp³-hybridized carbons (Fsp3) is 0.128. The first-order valence-electron chi connectivity index (χ1n) is 18.3. The van der Waals surface area contributed by atoms with Gasteiger partial charge >= 0.3 is 0 Å². The van der Waals surface area contributed by atoms with Crippen molar-refractivity contribution in [3.8, 4) is 5.75 Å². The second-order valence-electron chi connectivity index (χ2n) is 13.5. The fourth-order valence-electron chi connectivity index (χ4n) is 7.55. The van der Waals surface area contributed by atoms with Gasteiger partial charge in [-0.3, -0.25) is 9.40 Å². The van der Waals surface area contributed by atoms with E-state index in [1.807, 2.05) is 84.9 Å². The van der Waals surface area contributed by atoms with Crippen LogP contribution in [-0.4, -0.2) is 37.8 Å². The van der Waals surface area contributed by atoms with Crippen LogP contribution in [-0.2, 0) is 10.3 Å². The average molecular weight is 724 g/mol. The van der Waals surface area contributed by atoms with E-state index < -0.39 is 17.7 Å². The molecule has 0 aliphatic carbocycles. The number of imidazole rings is 1. The first-order chi connectivity index (χ1) is 27.1. The lowest BCUT2D eigenvalue weighted by molar-refractivity contribution is 0.00341. The quantitative estimate of drug-likeness (QED) is 0.0905. The number of hydrogen-bond donors (Lipinski definition) is 2. The lowest BCUT2D eigenvalue weighted by Crippen LogP contribution is -2.34. The van der Waals surface area contributed by atoms with Gasteiger partial charge in [0.15, 0.2) is 22.8 Å². The molecule has 0 saturated carbocycles. The zero-order chi connectivity index (χ0) is 37.6. The van der Waals surface area contributed by atoms with E-state index in [0.29, 0.717) is 28.6 Å². The van der Waals surface area contributed by atoms with Gasteiger partial charge in [-0.15, -0.1) is 0 Å². The zero-order valence-corrected chi connectivity index (χ0v) is 30.6. The van der Waals surface area contributed by atoms with Crippen LogP contribution in [0.2, 0.25) is 0 Å². The van der Waals surface area contributed by atoms with Gasteiger partial charge in [-0.25, -0.2) is 20.4 Å². The molecule has 0 amide bonds. The van der Waals surface area contributed by atoms with Crippen LogP contribution in [0, 0.1) is 0 Å². The van der Waals surface area contributed by atoms with Crippen LogP contribution in [0.4, 0.5) is 5.82 Å². The van der Waals surface area contributed by atoms with Gasteiger partial charge in [0.25, 0.3) is 0 Å². The van der Waals surface area contributed by atoms with Crippen molar-refractivity contribution in [3.63, 3.8) is 0 Å². The third-order valence-corrected chi connectivity index (χ3v) is 9.98. The number of aromatic nitrogens is 4. The zero-order valence-electron chi connectivity index (χ0n) is 30.6. The third kappa shape index (κ3) is 6.85. The summed E-state index contributed by atoms with van der Waals surface area (Å²) in [6.45, 7) is 1.70. The van der Waals surface area contributed by atoms with Gasteiger partial charge in [0.2, 0.25) is 6.23 Å². The summed E-state index contributed by atoms with van der Waals surface area (Å²) in [6, 6.07) is 59.7. The largest absolute Gasteiger partial charge is 0.467 e. The van der Waals surface area contributed by atoms with E-state index in [1.165, 1.54) is 18.2 Å². The van der Waals surface area contributed by atoms with Gasteiger partial charge in [-0.1, -0.05) is 164 Å². The monoisotopic (exact) mass is 723 g/mol. The van der Waals surface area contributed by atoms with E-state index in [-0.39, 0.29) is 5.92 Å². The summed E-state index contributed by atoms with van der Waals surface area (Å²) in [6.07, 6.45) is -0.221. The predicted octanol–water partition coefficient (Wildman–Crippen LogP) is 9.32. The molecule has 8 heteroatoms. The Morgan fingerprint density at radius 2 is 1.11 bits per heavy atom. The van der Waals surface area contributed by atoms with E-state index in [9.17, 15) is 5.11 Å². The van der Waals surface area contributed by atoms with Crippen molar-refractivity contribution in [2.24, 2.45) is 0 Å². The predicted molar refractivity (Wildman–Crippen MR) is 216 cm³/mol. The molecular weight excluding hydrogens is 683 g/mol.